The van der Waals surface area contributed by atoms with Gasteiger partial charge in [0.1, 0.15) is 0 Å². The monoisotopic (exact) mass is 273 g/mol. The summed E-state index contributed by atoms with van der Waals surface area (Å²) in [6.45, 7) is 6.13. The van der Waals surface area contributed by atoms with Crippen LogP contribution in [0.25, 0.3) is 0 Å². The topological polar surface area (TPSA) is 29.1 Å². The van der Waals surface area contributed by atoms with Gasteiger partial charge in [0, 0.05) is 0 Å². The minimum Gasteiger partial charge on any atom is -0.345 e. The summed E-state index contributed by atoms with van der Waals surface area (Å²) in [5.41, 5.74) is 3.44. The number of carbonyl (C=O) groups is 1. The average Bonchev–Trinajstić information content (AvgIpc) is 2.83. The maximum absolute atomic E-state index is 12.2. The highest BCUT2D eigenvalue weighted by Crippen LogP contribution is 2.20. The third-order valence-corrected chi connectivity index (χ3v) is 4.28. The lowest BCUT2D eigenvalue weighted by atomic mass is 10.0. The zero-order valence-electron chi connectivity index (χ0n) is 11.6. The van der Waals surface area contributed by atoms with Gasteiger partial charge in [-0.25, -0.2) is 0 Å². The van der Waals surface area contributed by atoms with Crippen LogP contribution in [0.4, 0.5) is 0 Å². The van der Waals surface area contributed by atoms with Crippen LogP contribution < -0.4 is 5.32 Å². The molecule has 100 valence electrons. The number of hydrogen-bond acceptors (Lipinski definition) is 2. The Balaban J connectivity index is 2.13. The lowest BCUT2D eigenvalue weighted by Gasteiger charge is -2.17. The average molecular weight is 273 g/mol. The quantitative estimate of drug-likeness (QED) is 0.886. The van der Waals surface area contributed by atoms with E-state index in [0.29, 0.717) is 0 Å². The Morgan fingerprint density at radius 2 is 1.89 bits per heavy atom. The van der Waals surface area contributed by atoms with Crippen molar-refractivity contribution in [2.75, 3.05) is 0 Å². The predicted octanol–water partition coefficient (Wildman–Crippen LogP) is 4.25. The van der Waals surface area contributed by atoms with Crippen molar-refractivity contribution >= 4 is 17.2 Å². The fourth-order valence-corrected chi connectivity index (χ4v) is 2.88. The third kappa shape index (κ3) is 3.24. The third-order valence-electron chi connectivity index (χ3n) is 3.26. The number of rotatable bonds is 4. The summed E-state index contributed by atoms with van der Waals surface area (Å²) in [6.07, 6.45) is 0.888. The van der Waals surface area contributed by atoms with Gasteiger partial charge < -0.3 is 5.32 Å². The van der Waals surface area contributed by atoms with Crippen molar-refractivity contribution in [3.05, 3.63) is 57.3 Å². The molecule has 1 aromatic carbocycles. The van der Waals surface area contributed by atoms with Gasteiger partial charge in [0.25, 0.3) is 5.91 Å². The summed E-state index contributed by atoms with van der Waals surface area (Å²) in [4.78, 5) is 13.0. The molecule has 1 atom stereocenters. The molecule has 1 heterocycles. The molecule has 1 N–H and O–H groups in total. The Labute approximate surface area is 118 Å². The van der Waals surface area contributed by atoms with Crippen molar-refractivity contribution in [1.82, 2.24) is 5.32 Å². The summed E-state index contributed by atoms with van der Waals surface area (Å²) >= 11 is 1.50. The van der Waals surface area contributed by atoms with Gasteiger partial charge in [-0.05, 0) is 42.8 Å². The molecule has 0 unspecified atom stereocenters. The first-order chi connectivity index (χ1) is 9.11. The molecule has 0 aliphatic carbocycles. The zero-order valence-corrected chi connectivity index (χ0v) is 12.4. The molecule has 0 saturated carbocycles. The molecule has 0 radical (unpaired) electrons. The largest absolute Gasteiger partial charge is 0.345 e. The van der Waals surface area contributed by atoms with E-state index in [1.165, 1.54) is 16.9 Å². The van der Waals surface area contributed by atoms with Crippen molar-refractivity contribution in [1.29, 1.82) is 0 Å². The molecular weight excluding hydrogens is 254 g/mol. The van der Waals surface area contributed by atoms with Crippen LogP contribution >= 0.6 is 11.3 Å². The van der Waals surface area contributed by atoms with Crippen LogP contribution in [0.3, 0.4) is 0 Å². The molecule has 1 amide bonds. The van der Waals surface area contributed by atoms with Gasteiger partial charge in [-0.15, -0.1) is 11.3 Å². The lowest BCUT2D eigenvalue weighted by molar-refractivity contribution is 0.0939. The smallest absolute Gasteiger partial charge is 0.262 e. The molecule has 0 saturated heterocycles. The van der Waals surface area contributed by atoms with Gasteiger partial charge >= 0.3 is 0 Å². The van der Waals surface area contributed by atoms with Gasteiger partial charge in [0.15, 0.2) is 0 Å². The SMILES string of the molecule is CC[C@@H](NC(=O)c1sccc1C)c1ccc(C)cc1. The Hall–Kier alpha value is -1.61. The van der Waals surface area contributed by atoms with E-state index in [4.69, 9.17) is 0 Å². The summed E-state index contributed by atoms with van der Waals surface area (Å²) in [6, 6.07) is 10.4. The van der Waals surface area contributed by atoms with Crippen LogP contribution in [0, 0.1) is 13.8 Å². The normalized spacial score (nSPS) is 12.2. The molecule has 1 aromatic heterocycles. The van der Waals surface area contributed by atoms with Crippen LogP contribution in [0.15, 0.2) is 35.7 Å². The second-order valence-corrected chi connectivity index (χ2v) is 5.69. The Morgan fingerprint density at radius 1 is 1.21 bits per heavy atom. The second kappa shape index (κ2) is 6.02. The molecule has 0 fully saturated rings. The fraction of sp³-hybridized carbons (Fsp3) is 0.312. The Bertz CT molecular complexity index is 556. The Kier molecular flexibility index (Phi) is 4.38. The lowest BCUT2D eigenvalue weighted by Crippen LogP contribution is -2.27. The first kappa shape index (κ1) is 13.8. The number of nitrogens with one attached hydrogen (secondary N) is 1. The van der Waals surface area contributed by atoms with Gasteiger partial charge in [0.2, 0.25) is 0 Å². The van der Waals surface area contributed by atoms with Gasteiger partial charge in [0.05, 0.1) is 10.9 Å². The number of hydrogen-bond donors (Lipinski definition) is 1. The van der Waals surface area contributed by atoms with Crippen LogP contribution in [0.1, 0.15) is 45.7 Å². The highest BCUT2D eigenvalue weighted by molar-refractivity contribution is 7.12. The molecule has 2 aromatic rings. The Morgan fingerprint density at radius 3 is 2.42 bits per heavy atom. The maximum atomic E-state index is 12.2. The van der Waals surface area contributed by atoms with Crippen LogP contribution in [0.5, 0.6) is 0 Å². The maximum Gasteiger partial charge on any atom is 0.262 e. The van der Waals surface area contributed by atoms with Gasteiger partial charge in [-0.1, -0.05) is 36.8 Å². The molecule has 3 heteroatoms. The van der Waals surface area contributed by atoms with E-state index >= 15 is 0 Å². The van der Waals surface area contributed by atoms with Crippen molar-refractivity contribution in [3.8, 4) is 0 Å². The summed E-state index contributed by atoms with van der Waals surface area (Å²) in [7, 11) is 0. The highest BCUT2D eigenvalue weighted by Gasteiger charge is 2.16. The van der Waals surface area contributed by atoms with E-state index in [1.54, 1.807) is 0 Å². The molecule has 0 spiro atoms. The van der Waals surface area contributed by atoms with E-state index in [-0.39, 0.29) is 11.9 Å². The first-order valence-corrected chi connectivity index (χ1v) is 7.41. The molecule has 19 heavy (non-hydrogen) atoms. The number of thiophene rings is 1. The molecule has 0 aliphatic heterocycles. The number of aryl methyl sites for hydroxylation is 2. The predicted molar refractivity (Wildman–Crippen MR) is 80.7 cm³/mol. The minimum absolute atomic E-state index is 0.0277. The van der Waals surface area contributed by atoms with Gasteiger partial charge in [-0.3, -0.25) is 4.79 Å². The van der Waals surface area contributed by atoms with Crippen molar-refractivity contribution in [2.45, 2.75) is 33.2 Å². The fourth-order valence-electron chi connectivity index (χ4n) is 2.05. The van der Waals surface area contributed by atoms with E-state index in [1.807, 2.05) is 18.4 Å². The highest BCUT2D eigenvalue weighted by atomic mass is 32.1. The zero-order chi connectivity index (χ0) is 13.8. The number of benzene rings is 1. The number of carbonyl (C=O) groups excluding carboxylic acids is 1. The molecular formula is C16H19NOS. The van der Waals surface area contributed by atoms with Crippen LogP contribution in [-0.2, 0) is 0 Å². The van der Waals surface area contributed by atoms with E-state index in [0.717, 1.165) is 22.4 Å². The minimum atomic E-state index is 0.0277. The summed E-state index contributed by atoms with van der Waals surface area (Å²) in [5, 5.41) is 5.07. The molecule has 2 rings (SSSR count). The molecule has 0 aliphatic rings. The second-order valence-electron chi connectivity index (χ2n) is 4.78. The molecule has 0 bridgehead atoms. The first-order valence-electron chi connectivity index (χ1n) is 6.53. The summed E-state index contributed by atoms with van der Waals surface area (Å²) < 4.78 is 0. The van der Waals surface area contributed by atoms with E-state index < -0.39 is 0 Å². The van der Waals surface area contributed by atoms with Crippen molar-refractivity contribution in [3.63, 3.8) is 0 Å². The van der Waals surface area contributed by atoms with Crippen LogP contribution in [-0.4, -0.2) is 5.91 Å². The summed E-state index contributed by atoms with van der Waals surface area (Å²) in [5.74, 6) is 0.0277. The van der Waals surface area contributed by atoms with Crippen LogP contribution in [0.2, 0.25) is 0 Å². The van der Waals surface area contributed by atoms with Crippen molar-refractivity contribution in [2.24, 2.45) is 0 Å². The van der Waals surface area contributed by atoms with Gasteiger partial charge in [-0.2, -0.15) is 0 Å². The molecule has 2 nitrogen and oxygen atoms in total. The van der Waals surface area contributed by atoms with E-state index in [2.05, 4.69) is 43.4 Å². The van der Waals surface area contributed by atoms with Crippen molar-refractivity contribution < 1.29 is 4.79 Å². The number of amides is 1. The standard InChI is InChI=1S/C16H19NOS/c1-4-14(13-7-5-11(2)6-8-13)17-16(18)15-12(3)9-10-19-15/h5-10,14H,4H2,1-3H3,(H,17,18)/t14-/m1/s1. The van der Waals surface area contributed by atoms with E-state index in [9.17, 15) is 4.79 Å².